The highest BCUT2D eigenvalue weighted by molar-refractivity contribution is 9.10. The van der Waals surface area contributed by atoms with Crippen LogP contribution in [0.1, 0.15) is 32.6 Å². The van der Waals surface area contributed by atoms with Crippen molar-refractivity contribution in [3.63, 3.8) is 0 Å². The van der Waals surface area contributed by atoms with Crippen LogP contribution in [-0.4, -0.2) is 56.4 Å². The van der Waals surface area contributed by atoms with Crippen LogP contribution in [0.4, 0.5) is 5.82 Å². The highest BCUT2D eigenvalue weighted by Crippen LogP contribution is 2.32. The van der Waals surface area contributed by atoms with Crippen LogP contribution in [0.5, 0.6) is 0 Å². The van der Waals surface area contributed by atoms with Crippen molar-refractivity contribution < 1.29 is 0 Å². The molecule has 4 heterocycles. The lowest BCUT2D eigenvalue weighted by Gasteiger charge is -2.39. The van der Waals surface area contributed by atoms with Crippen molar-refractivity contribution in [2.24, 2.45) is 7.05 Å². The van der Waals surface area contributed by atoms with E-state index in [2.05, 4.69) is 47.7 Å². The molecule has 6 nitrogen and oxygen atoms in total. The van der Waals surface area contributed by atoms with Gasteiger partial charge >= 0.3 is 0 Å². The third-order valence-corrected chi connectivity index (χ3v) is 5.95. The Bertz CT molecular complexity index is 706. The molecule has 4 rings (SSSR count). The lowest BCUT2D eigenvalue weighted by Crippen LogP contribution is -2.46. The molecule has 7 heteroatoms. The number of aryl methyl sites for hydroxylation is 1. The summed E-state index contributed by atoms with van der Waals surface area (Å²) in [6.07, 6.45) is 6.80. The average molecular weight is 379 g/mol. The number of piperidine rings is 1. The Morgan fingerprint density at radius 1 is 1.13 bits per heavy atom. The summed E-state index contributed by atoms with van der Waals surface area (Å²) in [5.74, 6) is 1.02. The molecule has 2 aromatic rings. The topological polar surface area (TPSA) is 50.1 Å². The normalized spacial score (nSPS) is 24.0. The number of hydrogen-bond donors (Lipinski definition) is 0. The number of nitrogens with zero attached hydrogens (tertiary/aromatic N) is 6. The first-order chi connectivity index (χ1) is 11.1. The second-order valence-electron chi connectivity index (χ2n) is 6.76. The number of likely N-dealkylation sites (tertiary alicyclic amines) is 1. The van der Waals surface area contributed by atoms with Gasteiger partial charge in [-0.15, -0.1) is 0 Å². The van der Waals surface area contributed by atoms with Crippen molar-refractivity contribution in [3.05, 3.63) is 10.9 Å². The molecule has 1 atom stereocenters. The summed E-state index contributed by atoms with van der Waals surface area (Å²) in [5.41, 5.74) is 0.886. The van der Waals surface area contributed by atoms with Crippen LogP contribution in [0.25, 0.3) is 11.0 Å². The van der Waals surface area contributed by atoms with E-state index in [0.29, 0.717) is 0 Å². The van der Waals surface area contributed by atoms with Crippen LogP contribution in [0.2, 0.25) is 0 Å². The van der Waals surface area contributed by atoms with E-state index in [1.165, 1.54) is 32.2 Å². The van der Waals surface area contributed by atoms with Crippen molar-refractivity contribution >= 4 is 32.8 Å². The number of aromatic nitrogens is 4. The van der Waals surface area contributed by atoms with E-state index in [-0.39, 0.29) is 0 Å². The van der Waals surface area contributed by atoms with Gasteiger partial charge in [0.1, 0.15) is 16.7 Å². The minimum absolute atomic E-state index is 0.735. The van der Waals surface area contributed by atoms with Gasteiger partial charge in [-0.3, -0.25) is 4.90 Å². The third kappa shape index (κ3) is 2.63. The Labute approximate surface area is 145 Å². The highest BCUT2D eigenvalue weighted by Gasteiger charge is 2.31. The Morgan fingerprint density at radius 3 is 2.61 bits per heavy atom. The van der Waals surface area contributed by atoms with Gasteiger partial charge in [-0.2, -0.15) is 5.10 Å². The summed E-state index contributed by atoms with van der Waals surface area (Å²) in [6.45, 7) is 5.76. The summed E-state index contributed by atoms with van der Waals surface area (Å²) < 4.78 is 2.64. The van der Waals surface area contributed by atoms with Crippen molar-refractivity contribution in [2.75, 3.05) is 24.5 Å². The van der Waals surface area contributed by atoms with E-state index >= 15 is 0 Å². The van der Waals surface area contributed by atoms with E-state index in [9.17, 15) is 0 Å². The zero-order valence-corrected chi connectivity index (χ0v) is 15.3. The van der Waals surface area contributed by atoms with E-state index in [4.69, 9.17) is 0 Å². The molecular weight excluding hydrogens is 356 g/mol. The van der Waals surface area contributed by atoms with Gasteiger partial charge < -0.3 is 4.90 Å². The molecule has 2 aromatic heterocycles. The standard InChI is InChI=1S/C16H23BrN6/c1-11-4-3-7-23(11)12-5-8-22(9-6-12)16-13-14(17)20-21(2)15(13)18-10-19-16/h10-12H,3-9H2,1-2H3. The highest BCUT2D eigenvalue weighted by atomic mass is 79.9. The van der Waals surface area contributed by atoms with Gasteiger partial charge in [-0.1, -0.05) is 0 Å². The van der Waals surface area contributed by atoms with Crippen molar-refractivity contribution in [3.8, 4) is 0 Å². The number of hydrogen-bond acceptors (Lipinski definition) is 5. The first-order valence-corrected chi connectivity index (χ1v) is 9.28. The van der Waals surface area contributed by atoms with E-state index in [0.717, 1.165) is 46.6 Å². The minimum atomic E-state index is 0.735. The summed E-state index contributed by atoms with van der Waals surface area (Å²) in [4.78, 5) is 14.0. The predicted molar refractivity (Wildman–Crippen MR) is 94.6 cm³/mol. The molecule has 2 aliphatic heterocycles. The largest absolute Gasteiger partial charge is 0.356 e. The maximum absolute atomic E-state index is 4.56. The second-order valence-corrected chi connectivity index (χ2v) is 7.51. The zero-order valence-electron chi connectivity index (χ0n) is 13.7. The molecule has 124 valence electrons. The van der Waals surface area contributed by atoms with Crippen LogP contribution >= 0.6 is 15.9 Å². The molecule has 0 aliphatic carbocycles. The van der Waals surface area contributed by atoms with Gasteiger partial charge in [0.2, 0.25) is 0 Å². The van der Waals surface area contributed by atoms with Crippen LogP contribution < -0.4 is 4.90 Å². The van der Waals surface area contributed by atoms with Gasteiger partial charge in [0.05, 0.1) is 5.39 Å². The quantitative estimate of drug-likeness (QED) is 0.803. The van der Waals surface area contributed by atoms with Crippen molar-refractivity contribution in [2.45, 2.75) is 44.7 Å². The molecule has 0 bridgehead atoms. The maximum atomic E-state index is 4.56. The Kier molecular flexibility index (Phi) is 4.01. The molecule has 0 amide bonds. The monoisotopic (exact) mass is 378 g/mol. The second kappa shape index (κ2) is 6.02. The summed E-state index contributed by atoms with van der Waals surface area (Å²) in [6, 6.07) is 1.49. The lowest BCUT2D eigenvalue weighted by molar-refractivity contribution is 0.163. The molecular formula is C16H23BrN6. The number of rotatable bonds is 2. The minimum Gasteiger partial charge on any atom is -0.356 e. The molecule has 0 radical (unpaired) electrons. The van der Waals surface area contributed by atoms with E-state index in [1.54, 1.807) is 6.33 Å². The molecule has 0 aromatic carbocycles. The fraction of sp³-hybridized carbons (Fsp3) is 0.688. The predicted octanol–water partition coefficient (Wildman–Crippen LogP) is 2.58. The van der Waals surface area contributed by atoms with Gasteiger partial charge in [0.25, 0.3) is 0 Å². The van der Waals surface area contributed by atoms with Crippen LogP contribution in [0.15, 0.2) is 10.9 Å². The molecule has 0 N–H and O–H groups in total. The van der Waals surface area contributed by atoms with E-state index in [1.807, 2.05) is 11.7 Å². The lowest BCUT2D eigenvalue weighted by atomic mass is 10.0. The van der Waals surface area contributed by atoms with Gasteiger partial charge in [0.15, 0.2) is 5.65 Å². The number of anilines is 1. The fourth-order valence-electron chi connectivity index (χ4n) is 4.17. The third-order valence-electron chi connectivity index (χ3n) is 5.40. The summed E-state index contributed by atoms with van der Waals surface area (Å²) in [7, 11) is 1.92. The molecule has 1 unspecified atom stereocenters. The fourth-order valence-corrected chi connectivity index (χ4v) is 4.77. The van der Waals surface area contributed by atoms with Crippen LogP contribution in [0, 0.1) is 0 Å². The van der Waals surface area contributed by atoms with Crippen molar-refractivity contribution in [1.82, 2.24) is 24.6 Å². The maximum Gasteiger partial charge on any atom is 0.164 e. The molecule has 2 aliphatic rings. The first kappa shape index (κ1) is 15.3. The smallest absolute Gasteiger partial charge is 0.164 e. The van der Waals surface area contributed by atoms with Gasteiger partial charge in [-0.05, 0) is 55.1 Å². The number of halogens is 1. The molecule has 0 spiro atoms. The summed E-state index contributed by atoms with van der Waals surface area (Å²) >= 11 is 3.56. The Morgan fingerprint density at radius 2 is 1.91 bits per heavy atom. The first-order valence-electron chi connectivity index (χ1n) is 8.49. The Hall–Kier alpha value is -1.21. The van der Waals surface area contributed by atoms with Crippen molar-refractivity contribution in [1.29, 1.82) is 0 Å². The molecule has 23 heavy (non-hydrogen) atoms. The number of fused-ring (bicyclic) bond motifs is 1. The summed E-state index contributed by atoms with van der Waals surface area (Å²) in [5, 5.41) is 5.46. The van der Waals surface area contributed by atoms with Gasteiger partial charge in [-0.25, -0.2) is 14.6 Å². The average Bonchev–Trinajstić information content (AvgIpc) is 3.11. The SMILES string of the molecule is CC1CCCN1C1CCN(c2ncnc3c2c(Br)nn3C)CC1. The zero-order chi connectivity index (χ0) is 16.0. The van der Waals surface area contributed by atoms with Crippen LogP contribution in [0.3, 0.4) is 0 Å². The molecule has 0 saturated carbocycles. The van der Waals surface area contributed by atoms with Gasteiger partial charge in [0, 0.05) is 32.2 Å². The molecule has 2 fully saturated rings. The Balaban J connectivity index is 1.55. The molecule has 2 saturated heterocycles. The van der Waals surface area contributed by atoms with Crippen LogP contribution in [-0.2, 0) is 7.05 Å². The van der Waals surface area contributed by atoms with E-state index < -0.39 is 0 Å².